The molecule has 106 valence electrons. The maximum Gasteiger partial charge on any atom is 0.334 e. The Kier molecular flexibility index (Phi) is 3.84. The molecule has 2 heterocycles. The number of nitrogens with one attached hydrogen (secondary N) is 1. The van der Waals surface area contributed by atoms with Gasteiger partial charge in [-0.1, -0.05) is 39.7 Å². The lowest BCUT2D eigenvalue weighted by atomic mass is 10.1. The van der Waals surface area contributed by atoms with Crippen molar-refractivity contribution in [2.45, 2.75) is 0 Å². The van der Waals surface area contributed by atoms with E-state index in [2.05, 4.69) is 20.9 Å². The molecule has 0 unspecified atom stereocenters. The maximum atomic E-state index is 12.6. The van der Waals surface area contributed by atoms with Gasteiger partial charge in [-0.05, 0) is 29.1 Å². The van der Waals surface area contributed by atoms with E-state index in [0.717, 1.165) is 9.04 Å². The number of H-pyrrole nitrogens is 1. The number of nitrogens with zero attached hydrogens (tertiary/aromatic N) is 1. The van der Waals surface area contributed by atoms with Crippen LogP contribution in [0.1, 0.15) is 0 Å². The average Bonchev–Trinajstić information content (AvgIpc) is 2.94. The van der Waals surface area contributed by atoms with Crippen LogP contribution in [0.15, 0.2) is 55.2 Å². The highest BCUT2D eigenvalue weighted by Crippen LogP contribution is 2.24. The van der Waals surface area contributed by atoms with E-state index in [1.54, 1.807) is 29.0 Å². The zero-order valence-corrected chi connectivity index (χ0v) is 13.6. The molecule has 0 saturated heterocycles. The number of thiophene rings is 1. The Labute approximate surface area is 136 Å². The molecule has 2 aromatic heterocycles. The lowest BCUT2D eigenvalue weighted by Gasteiger charge is -2.08. The number of benzene rings is 1. The Hall–Kier alpha value is -1.63. The molecule has 0 amide bonds. The van der Waals surface area contributed by atoms with Gasteiger partial charge >= 0.3 is 5.69 Å². The van der Waals surface area contributed by atoms with Gasteiger partial charge in [0, 0.05) is 9.85 Å². The van der Waals surface area contributed by atoms with Gasteiger partial charge in [-0.2, -0.15) is 11.3 Å². The SMILES string of the molecule is O=c1[nH]c(Cl)c(-c2ccc(Br)cc2)c(=O)n1-c1ccsc1. The Morgan fingerprint density at radius 2 is 1.86 bits per heavy atom. The summed E-state index contributed by atoms with van der Waals surface area (Å²) in [6.07, 6.45) is 0. The highest BCUT2D eigenvalue weighted by Gasteiger charge is 2.15. The van der Waals surface area contributed by atoms with Crippen LogP contribution in [-0.2, 0) is 0 Å². The number of rotatable bonds is 2. The molecule has 1 aromatic carbocycles. The summed E-state index contributed by atoms with van der Waals surface area (Å²) >= 11 is 10.8. The van der Waals surface area contributed by atoms with Crippen LogP contribution in [0.2, 0.25) is 5.15 Å². The standard InChI is InChI=1S/C14H8BrClN2O2S/c15-9-3-1-8(2-4-9)11-12(16)17-14(20)18(13(11)19)10-5-6-21-7-10/h1-7H,(H,17,20). The van der Waals surface area contributed by atoms with E-state index in [-0.39, 0.29) is 10.7 Å². The van der Waals surface area contributed by atoms with Crippen LogP contribution in [0, 0.1) is 0 Å². The molecule has 0 bridgehead atoms. The van der Waals surface area contributed by atoms with Gasteiger partial charge < -0.3 is 0 Å². The summed E-state index contributed by atoms with van der Waals surface area (Å²) in [7, 11) is 0. The van der Waals surface area contributed by atoms with E-state index in [0.29, 0.717) is 11.3 Å². The predicted molar refractivity (Wildman–Crippen MR) is 88.7 cm³/mol. The van der Waals surface area contributed by atoms with Gasteiger partial charge in [0.25, 0.3) is 5.56 Å². The zero-order valence-electron chi connectivity index (χ0n) is 10.5. The second-order valence-corrected chi connectivity index (χ2v) is 6.32. The first-order valence-electron chi connectivity index (χ1n) is 5.91. The van der Waals surface area contributed by atoms with Crippen LogP contribution in [0.25, 0.3) is 16.8 Å². The van der Waals surface area contributed by atoms with Crippen molar-refractivity contribution in [1.82, 2.24) is 9.55 Å². The Balaban J connectivity index is 2.32. The fraction of sp³-hybridized carbons (Fsp3) is 0. The molecule has 1 N–H and O–H groups in total. The number of hydrogen-bond acceptors (Lipinski definition) is 3. The summed E-state index contributed by atoms with van der Waals surface area (Å²) in [4.78, 5) is 27.2. The van der Waals surface area contributed by atoms with Gasteiger partial charge in [-0.3, -0.25) is 9.78 Å². The van der Waals surface area contributed by atoms with Crippen LogP contribution in [-0.4, -0.2) is 9.55 Å². The van der Waals surface area contributed by atoms with Crippen molar-refractivity contribution in [1.29, 1.82) is 0 Å². The molecule has 3 rings (SSSR count). The lowest BCUT2D eigenvalue weighted by molar-refractivity contribution is 0.883. The molecule has 0 saturated carbocycles. The lowest BCUT2D eigenvalue weighted by Crippen LogP contribution is -2.34. The molecule has 7 heteroatoms. The molecule has 0 aliphatic heterocycles. The van der Waals surface area contributed by atoms with E-state index < -0.39 is 11.2 Å². The van der Waals surface area contributed by atoms with Crippen LogP contribution in [0.5, 0.6) is 0 Å². The van der Waals surface area contributed by atoms with Crippen LogP contribution >= 0.6 is 38.9 Å². The smallest absolute Gasteiger partial charge is 0.297 e. The Bertz CT molecular complexity index is 898. The van der Waals surface area contributed by atoms with Gasteiger partial charge in [-0.25, -0.2) is 9.36 Å². The van der Waals surface area contributed by atoms with Crippen molar-refractivity contribution in [3.05, 3.63) is 71.6 Å². The highest BCUT2D eigenvalue weighted by atomic mass is 79.9. The monoisotopic (exact) mass is 382 g/mol. The van der Waals surface area contributed by atoms with E-state index >= 15 is 0 Å². The number of hydrogen-bond donors (Lipinski definition) is 1. The van der Waals surface area contributed by atoms with Crippen molar-refractivity contribution >= 4 is 38.9 Å². The second kappa shape index (κ2) is 5.63. The summed E-state index contributed by atoms with van der Waals surface area (Å²) in [5.41, 5.74) is 0.457. The minimum Gasteiger partial charge on any atom is -0.297 e. The third kappa shape index (κ3) is 2.62. The van der Waals surface area contributed by atoms with Crippen molar-refractivity contribution < 1.29 is 0 Å². The fourth-order valence-electron chi connectivity index (χ4n) is 2.00. The van der Waals surface area contributed by atoms with Crippen LogP contribution in [0.3, 0.4) is 0 Å². The molecule has 0 fully saturated rings. The van der Waals surface area contributed by atoms with Crippen molar-refractivity contribution in [3.8, 4) is 16.8 Å². The normalized spacial score (nSPS) is 10.8. The molecular formula is C14H8BrClN2O2S. The van der Waals surface area contributed by atoms with Gasteiger partial charge in [0.2, 0.25) is 0 Å². The maximum absolute atomic E-state index is 12.6. The molecule has 21 heavy (non-hydrogen) atoms. The summed E-state index contributed by atoms with van der Waals surface area (Å²) < 4.78 is 1.98. The molecule has 4 nitrogen and oxygen atoms in total. The predicted octanol–water partition coefficient (Wildman–Crippen LogP) is 3.67. The average molecular weight is 384 g/mol. The van der Waals surface area contributed by atoms with E-state index in [1.807, 2.05) is 12.1 Å². The molecule has 0 radical (unpaired) electrons. The van der Waals surface area contributed by atoms with Gasteiger partial charge in [-0.15, -0.1) is 0 Å². The number of halogens is 2. The summed E-state index contributed by atoms with van der Waals surface area (Å²) in [6, 6.07) is 8.86. The van der Waals surface area contributed by atoms with E-state index in [4.69, 9.17) is 11.6 Å². The third-order valence-electron chi connectivity index (χ3n) is 2.95. The second-order valence-electron chi connectivity index (χ2n) is 4.25. The molecule has 3 aromatic rings. The number of aromatic nitrogens is 2. The van der Waals surface area contributed by atoms with E-state index in [1.165, 1.54) is 11.3 Å². The summed E-state index contributed by atoms with van der Waals surface area (Å²) in [6.45, 7) is 0. The first-order chi connectivity index (χ1) is 10.1. The molecular weight excluding hydrogens is 376 g/mol. The first-order valence-corrected chi connectivity index (χ1v) is 8.02. The van der Waals surface area contributed by atoms with Crippen molar-refractivity contribution in [2.75, 3.05) is 0 Å². The molecule has 0 aliphatic carbocycles. The largest absolute Gasteiger partial charge is 0.334 e. The first kappa shape index (κ1) is 14.3. The van der Waals surface area contributed by atoms with E-state index in [9.17, 15) is 9.59 Å². The van der Waals surface area contributed by atoms with Crippen molar-refractivity contribution in [2.24, 2.45) is 0 Å². The number of aromatic amines is 1. The van der Waals surface area contributed by atoms with Gasteiger partial charge in [0.1, 0.15) is 5.15 Å². The topological polar surface area (TPSA) is 54.9 Å². The molecule has 0 spiro atoms. The summed E-state index contributed by atoms with van der Waals surface area (Å²) in [5, 5.41) is 3.57. The summed E-state index contributed by atoms with van der Waals surface area (Å²) in [5.74, 6) is 0. The van der Waals surface area contributed by atoms with Gasteiger partial charge in [0.15, 0.2) is 0 Å². The molecule has 0 aliphatic rings. The van der Waals surface area contributed by atoms with Crippen LogP contribution in [0.4, 0.5) is 0 Å². The Morgan fingerprint density at radius 3 is 2.48 bits per heavy atom. The minimum absolute atomic E-state index is 0.0406. The highest BCUT2D eigenvalue weighted by molar-refractivity contribution is 9.10. The van der Waals surface area contributed by atoms with Gasteiger partial charge in [0.05, 0.1) is 11.3 Å². The third-order valence-corrected chi connectivity index (χ3v) is 4.44. The zero-order chi connectivity index (χ0) is 15.0. The molecule has 0 atom stereocenters. The Morgan fingerprint density at radius 1 is 1.14 bits per heavy atom. The minimum atomic E-state index is -0.552. The van der Waals surface area contributed by atoms with Crippen LogP contribution < -0.4 is 11.2 Å². The van der Waals surface area contributed by atoms with Crippen molar-refractivity contribution in [3.63, 3.8) is 0 Å². The fourth-order valence-corrected chi connectivity index (χ4v) is 3.15. The quantitative estimate of drug-likeness (QED) is 0.687.